The Morgan fingerprint density at radius 1 is 1.24 bits per heavy atom. The van der Waals surface area contributed by atoms with Gasteiger partial charge in [0.05, 0.1) is 0 Å². The molecule has 21 heavy (non-hydrogen) atoms. The summed E-state index contributed by atoms with van der Waals surface area (Å²) in [6.07, 6.45) is 1.30. The summed E-state index contributed by atoms with van der Waals surface area (Å²) < 4.78 is 12.8. The van der Waals surface area contributed by atoms with Crippen LogP contribution in [0, 0.1) is 11.7 Å². The van der Waals surface area contributed by atoms with Gasteiger partial charge in [-0.25, -0.2) is 4.39 Å². The molecule has 0 aromatic heterocycles. The summed E-state index contributed by atoms with van der Waals surface area (Å²) in [6, 6.07) is 5.40. The monoisotopic (exact) mass is 314 g/mol. The van der Waals surface area contributed by atoms with Crippen LogP contribution in [0.25, 0.3) is 0 Å². The van der Waals surface area contributed by atoms with Gasteiger partial charge in [0, 0.05) is 31.5 Å². The zero-order valence-electron chi connectivity index (χ0n) is 11.8. The third kappa shape index (κ3) is 4.79. The molecule has 1 heterocycles. The fourth-order valence-electron chi connectivity index (χ4n) is 2.41. The smallest absolute Gasteiger partial charge is 0.223 e. The first-order valence-corrected chi connectivity index (χ1v) is 6.86. The number of amides is 1. The number of rotatable bonds is 5. The van der Waals surface area contributed by atoms with Crippen LogP contribution >= 0.6 is 12.4 Å². The highest BCUT2D eigenvalue weighted by molar-refractivity contribution is 5.97. The summed E-state index contributed by atoms with van der Waals surface area (Å²) in [7, 11) is 0. The number of benzene rings is 1. The summed E-state index contributed by atoms with van der Waals surface area (Å²) in [5.74, 6) is -0.126. The van der Waals surface area contributed by atoms with Crippen LogP contribution in [0.4, 0.5) is 4.39 Å². The number of nitrogens with zero attached hydrogens (tertiary/aromatic N) is 1. The van der Waals surface area contributed by atoms with E-state index < -0.39 is 0 Å². The van der Waals surface area contributed by atoms with E-state index in [1.165, 1.54) is 24.3 Å². The Kier molecular flexibility index (Phi) is 6.78. The number of nitrogens with two attached hydrogens (primary N) is 1. The van der Waals surface area contributed by atoms with E-state index >= 15 is 0 Å². The third-order valence-electron chi connectivity index (χ3n) is 3.70. The van der Waals surface area contributed by atoms with Gasteiger partial charge >= 0.3 is 0 Å². The molecule has 6 heteroatoms. The number of Topliss-reactive ketones (excluding diaryl/α,β-unsaturated/α-hetero) is 1. The predicted octanol–water partition coefficient (Wildman–Crippen LogP) is 2.02. The second-order valence-corrected chi connectivity index (χ2v) is 5.16. The maximum atomic E-state index is 12.8. The predicted molar refractivity (Wildman–Crippen MR) is 81.0 cm³/mol. The van der Waals surface area contributed by atoms with Crippen molar-refractivity contribution in [3.63, 3.8) is 0 Å². The van der Waals surface area contributed by atoms with E-state index in [1.807, 2.05) is 0 Å². The van der Waals surface area contributed by atoms with E-state index in [-0.39, 0.29) is 42.8 Å². The molecule has 0 radical (unpaired) electrons. The van der Waals surface area contributed by atoms with Crippen molar-refractivity contribution in [2.45, 2.75) is 19.3 Å². The van der Waals surface area contributed by atoms with Crippen LogP contribution in [0.2, 0.25) is 0 Å². The van der Waals surface area contributed by atoms with Gasteiger partial charge in [-0.2, -0.15) is 0 Å². The first-order chi connectivity index (χ1) is 9.60. The van der Waals surface area contributed by atoms with Crippen molar-refractivity contribution in [1.29, 1.82) is 0 Å². The molecule has 0 aliphatic carbocycles. The van der Waals surface area contributed by atoms with Crippen LogP contribution in [0.5, 0.6) is 0 Å². The quantitative estimate of drug-likeness (QED) is 0.846. The minimum Gasteiger partial charge on any atom is -0.342 e. The lowest BCUT2D eigenvalue weighted by Crippen LogP contribution is -2.30. The lowest BCUT2D eigenvalue weighted by Gasteiger charge is -2.15. The Morgan fingerprint density at radius 2 is 1.90 bits per heavy atom. The number of halogens is 2. The van der Waals surface area contributed by atoms with Crippen molar-refractivity contribution in [1.82, 2.24) is 4.90 Å². The molecule has 1 aromatic rings. The lowest BCUT2D eigenvalue weighted by atomic mass is 10.1. The van der Waals surface area contributed by atoms with Gasteiger partial charge in [-0.3, -0.25) is 9.59 Å². The first-order valence-electron chi connectivity index (χ1n) is 6.86. The Labute approximate surface area is 129 Å². The summed E-state index contributed by atoms with van der Waals surface area (Å²) >= 11 is 0. The molecule has 1 aliphatic heterocycles. The zero-order chi connectivity index (χ0) is 14.5. The molecule has 0 spiro atoms. The fraction of sp³-hybridized carbons (Fsp3) is 0.467. The standard InChI is InChI=1S/C15H19FN2O2.ClH/c16-13-3-1-12(2-4-13)14(19)5-6-15(20)18-8-7-11(9-17)10-18;/h1-4,11H,5-10,17H2;1H. The number of carbonyl (C=O) groups is 2. The Balaban J connectivity index is 0.00000220. The molecular weight excluding hydrogens is 295 g/mol. The number of ketones is 1. The second-order valence-electron chi connectivity index (χ2n) is 5.16. The molecule has 1 saturated heterocycles. The third-order valence-corrected chi connectivity index (χ3v) is 3.70. The molecule has 0 saturated carbocycles. The van der Waals surface area contributed by atoms with E-state index in [1.54, 1.807) is 4.90 Å². The highest BCUT2D eigenvalue weighted by Crippen LogP contribution is 2.16. The van der Waals surface area contributed by atoms with E-state index in [9.17, 15) is 14.0 Å². The van der Waals surface area contributed by atoms with Crippen LogP contribution in [0.3, 0.4) is 0 Å². The SMILES string of the molecule is Cl.NCC1CCN(C(=O)CCC(=O)c2ccc(F)cc2)C1. The van der Waals surface area contributed by atoms with Gasteiger partial charge in [0.15, 0.2) is 5.78 Å². The highest BCUT2D eigenvalue weighted by Gasteiger charge is 2.25. The molecule has 1 aromatic carbocycles. The van der Waals surface area contributed by atoms with Gasteiger partial charge < -0.3 is 10.6 Å². The fourth-order valence-corrected chi connectivity index (χ4v) is 2.41. The highest BCUT2D eigenvalue weighted by atomic mass is 35.5. The summed E-state index contributed by atoms with van der Waals surface area (Å²) in [6.45, 7) is 2.02. The normalized spacial score (nSPS) is 17.4. The number of carbonyl (C=O) groups excluding carboxylic acids is 2. The van der Waals surface area contributed by atoms with Gasteiger partial charge in [-0.05, 0) is 43.1 Å². The minimum absolute atomic E-state index is 0. The van der Waals surface area contributed by atoms with Crippen molar-refractivity contribution >= 4 is 24.1 Å². The van der Waals surface area contributed by atoms with Crippen molar-refractivity contribution in [3.8, 4) is 0 Å². The summed E-state index contributed by atoms with van der Waals surface area (Å²) in [5, 5.41) is 0. The molecular formula is C15H20ClFN2O2. The average molecular weight is 315 g/mol. The van der Waals surface area contributed by atoms with Crippen LogP contribution in [-0.2, 0) is 4.79 Å². The molecule has 1 atom stereocenters. The molecule has 2 rings (SSSR count). The minimum atomic E-state index is -0.373. The van der Waals surface area contributed by atoms with Crippen LogP contribution < -0.4 is 5.73 Å². The lowest BCUT2D eigenvalue weighted by molar-refractivity contribution is -0.130. The summed E-state index contributed by atoms with van der Waals surface area (Å²) in [4.78, 5) is 25.6. The van der Waals surface area contributed by atoms with E-state index in [0.717, 1.165) is 13.0 Å². The van der Waals surface area contributed by atoms with E-state index in [4.69, 9.17) is 5.73 Å². The molecule has 0 bridgehead atoms. The number of hydrogen-bond acceptors (Lipinski definition) is 3. The Bertz CT molecular complexity index is 493. The number of hydrogen-bond donors (Lipinski definition) is 1. The van der Waals surface area contributed by atoms with Crippen LogP contribution in [0.15, 0.2) is 24.3 Å². The van der Waals surface area contributed by atoms with Crippen LogP contribution in [-0.4, -0.2) is 36.2 Å². The Morgan fingerprint density at radius 3 is 2.48 bits per heavy atom. The topological polar surface area (TPSA) is 63.4 Å². The van der Waals surface area contributed by atoms with Gasteiger partial charge in [0.1, 0.15) is 5.82 Å². The van der Waals surface area contributed by atoms with Gasteiger partial charge in [0.2, 0.25) is 5.91 Å². The van der Waals surface area contributed by atoms with E-state index in [0.29, 0.717) is 24.6 Å². The van der Waals surface area contributed by atoms with Crippen molar-refractivity contribution < 1.29 is 14.0 Å². The van der Waals surface area contributed by atoms with Crippen molar-refractivity contribution in [2.75, 3.05) is 19.6 Å². The average Bonchev–Trinajstić information content (AvgIpc) is 2.94. The zero-order valence-corrected chi connectivity index (χ0v) is 12.6. The molecule has 4 nitrogen and oxygen atoms in total. The van der Waals surface area contributed by atoms with Crippen LogP contribution in [0.1, 0.15) is 29.6 Å². The largest absolute Gasteiger partial charge is 0.342 e. The molecule has 1 amide bonds. The summed E-state index contributed by atoms with van der Waals surface area (Å²) in [5.41, 5.74) is 6.03. The molecule has 2 N–H and O–H groups in total. The molecule has 1 unspecified atom stereocenters. The first kappa shape index (κ1) is 17.6. The van der Waals surface area contributed by atoms with E-state index in [2.05, 4.69) is 0 Å². The van der Waals surface area contributed by atoms with Gasteiger partial charge in [-0.15, -0.1) is 12.4 Å². The maximum absolute atomic E-state index is 12.8. The van der Waals surface area contributed by atoms with Gasteiger partial charge in [-0.1, -0.05) is 0 Å². The molecule has 1 aliphatic rings. The molecule has 116 valence electrons. The van der Waals surface area contributed by atoms with Gasteiger partial charge in [0.25, 0.3) is 0 Å². The van der Waals surface area contributed by atoms with Crippen molar-refractivity contribution in [3.05, 3.63) is 35.6 Å². The number of likely N-dealkylation sites (tertiary alicyclic amines) is 1. The van der Waals surface area contributed by atoms with Crippen molar-refractivity contribution in [2.24, 2.45) is 11.7 Å². The Hall–Kier alpha value is -1.46. The molecule has 1 fully saturated rings. The maximum Gasteiger partial charge on any atom is 0.223 e. The second kappa shape index (κ2) is 8.10.